The van der Waals surface area contributed by atoms with Gasteiger partial charge in [-0.1, -0.05) is 0 Å². The van der Waals surface area contributed by atoms with Gasteiger partial charge >= 0.3 is 5.97 Å². The maximum atomic E-state index is 11.1. The highest BCUT2D eigenvalue weighted by molar-refractivity contribution is 5.79. The summed E-state index contributed by atoms with van der Waals surface area (Å²) in [6.07, 6.45) is 2.11. The predicted molar refractivity (Wildman–Crippen MR) is 76.3 cm³/mol. The monoisotopic (exact) mass is 273 g/mol. The summed E-state index contributed by atoms with van der Waals surface area (Å²) in [7, 11) is 1.73. The number of hydrogen-bond acceptors (Lipinski definition) is 4. The SMILES string of the molecule is CCOCCCNC(=NC)NCCCC(=O)OCC. The zero-order valence-electron chi connectivity index (χ0n) is 12.3. The normalized spacial score (nSPS) is 11.2. The van der Waals surface area contributed by atoms with Crippen LogP contribution in [0.4, 0.5) is 0 Å². The van der Waals surface area contributed by atoms with E-state index in [-0.39, 0.29) is 5.97 Å². The highest BCUT2D eigenvalue weighted by atomic mass is 16.5. The lowest BCUT2D eigenvalue weighted by Crippen LogP contribution is -2.38. The van der Waals surface area contributed by atoms with E-state index >= 15 is 0 Å². The third kappa shape index (κ3) is 11.5. The first kappa shape index (κ1) is 17.7. The summed E-state index contributed by atoms with van der Waals surface area (Å²) in [6, 6.07) is 0. The first-order valence-electron chi connectivity index (χ1n) is 6.92. The van der Waals surface area contributed by atoms with Gasteiger partial charge in [0.15, 0.2) is 5.96 Å². The Morgan fingerprint density at radius 3 is 2.37 bits per heavy atom. The molecule has 0 aliphatic rings. The van der Waals surface area contributed by atoms with Crippen molar-refractivity contribution in [1.82, 2.24) is 10.6 Å². The van der Waals surface area contributed by atoms with Gasteiger partial charge in [-0.15, -0.1) is 0 Å². The summed E-state index contributed by atoms with van der Waals surface area (Å²) < 4.78 is 10.1. The average molecular weight is 273 g/mol. The Morgan fingerprint density at radius 1 is 1.11 bits per heavy atom. The number of carbonyl (C=O) groups excluding carboxylic acids is 1. The molecular formula is C13H27N3O3. The Labute approximate surface area is 116 Å². The number of aliphatic imine (C=N–C) groups is 1. The van der Waals surface area contributed by atoms with Crippen molar-refractivity contribution in [2.75, 3.05) is 40.0 Å². The van der Waals surface area contributed by atoms with Crippen LogP contribution < -0.4 is 10.6 Å². The van der Waals surface area contributed by atoms with E-state index in [2.05, 4.69) is 15.6 Å². The zero-order valence-corrected chi connectivity index (χ0v) is 12.3. The number of esters is 1. The molecule has 6 heteroatoms. The molecule has 0 saturated carbocycles. The van der Waals surface area contributed by atoms with Gasteiger partial charge < -0.3 is 20.1 Å². The van der Waals surface area contributed by atoms with Crippen LogP contribution in [0.25, 0.3) is 0 Å². The van der Waals surface area contributed by atoms with E-state index in [4.69, 9.17) is 9.47 Å². The molecule has 0 atom stereocenters. The lowest BCUT2D eigenvalue weighted by atomic mass is 10.3. The second-order valence-electron chi connectivity index (χ2n) is 3.88. The Morgan fingerprint density at radius 2 is 1.79 bits per heavy atom. The molecule has 0 aromatic rings. The molecule has 0 saturated heterocycles. The van der Waals surface area contributed by atoms with Gasteiger partial charge in [0.1, 0.15) is 0 Å². The van der Waals surface area contributed by atoms with Crippen LogP contribution in [-0.2, 0) is 14.3 Å². The smallest absolute Gasteiger partial charge is 0.305 e. The van der Waals surface area contributed by atoms with Crippen LogP contribution in [-0.4, -0.2) is 51.9 Å². The number of hydrogen-bond donors (Lipinski definition) is 2. The summed E-state index contributed by atoms with van der Waals surface area (Å²) in [6.45, 7) is 7.25. The van der Waals surface area contributed by atoms with E-state index in [1.807, 2.05) is 13.8 Å². The molecule has 112 valence electrons. The van der Waals surface area contributed by atoms with E-state index in [9.17, 15) is 4.79 Å². The number of guanidine groups is 1. The zero-order chi connectivity index (χ0) is 14.3. The molecule has 0 amide bonds. The van der Waals surface area contributed by atoms with Crippen LogP contribution in [0.15, 0.2) is 4.99 Å². The van der Waals surface area contributed by atoms with Crippen LogP contribution >= 0.6 is 0 Å². The Hall–Kier alpha value is -1.30. The van der Waals surface area contributed by atoms with Gasteiger partial charge in [0.25, 0.3) is 0 Å². The fraction of sp³-hybridized carbons (Fsp3) is 0.846. The van der Waals surface area contributed by atoms with Gasteiger partial charge in [-0.3, -0.25) is 9.79 Å². The molecule has 19 heavy (non-hydrogen) atoms. The quantitative estimate of drug-likeness (QED) is 0.268. The Bertz CT molecular complexity index is 258. The first-order chi connectivity index (χ1) is 9.24. The third-order valence-corrected chi connectivity index (χ3v) is 2.34. The molecule has 0 unspecified atom stereocenters. The summed E-state index contributed by atoms with van der Waals surface area (Å²) in [5, 5.41) is 6.33. The van der Waals surface area contributed by atoms with E-state index in [0.29, 0.717) is 19.6 Å². The Balaban J connectivity index is 3.52. The van der Waals surface area contributed by atoms with Crippen LogP contribution in [0.2, 0.25) is 0 Å². The largest absolute Gasteiger partial charge is 0.466 e. The van der Waals surface area contributed by atoms with E-state index in [0.717, 1.165) is 38.6 Å². The molecule has 0 fully saturated rings. The molecular weight excluding hydrogens is 246 g/mol. The summed E-state index contributed by atoms with van der Waals surface area (Å²) in [4.78, 5) is 15.2. The minimum Gasteiger partial charge on any atom is -0.466 e. The number of ether oxygens (including phenoxy) is 2. The minimum atomic E-state index is -0.149. The van der Waals surface area contributed by atoms with Crippen molar-refractivity contribution in [3.8, 4) is 0 Å². The molecule has 0 aromatic heterocycles. The van der Waals surface area contributed by atoms with Gasteiger partial charge in [0.2, 0.25) is 0 Å². The van der Waals surface area contributed by atoms with Gasteiger partial charge in [-0.2, -0.15) is 0 Å². The summed E-state index contributed by atoms with van der Waals surface area (Å²) in [5.74, 6) is 0.601. The van der Waals surface area contributed by atoms with Gasteiger partial charge in [-0.25, -0.2) is 0 Å². The molecule has 0 aliphatic heterocycles. The molecule has 6 nitrogen and oxygen atoms in total. The van der Waals surface area contributed by atoms with Crippen molar-refractivity contribution in [1.29, 1.82) is 0 Å². The Kier molecular flexibility index (Phi) is 12.2. The number of nitrogens with zero attached hydrogens (tertiary/aromatic N) is 1. The lowest BCUT2D eigenvalue weighted by Gasteiger charge is -2.11. The second kappa shape index (κ2) is 13.1. The molecule has 0 heterocycles. The molecule has 0 aliphatic carbocycles. The third-order valence-electron chi connectivity index (χ3n) is 2.34. The van der Waals surface area contributed by atoms with Gasteiger partial charge in [0, 0.05) is 39.8 Å². The fourth-order valence-electron chi connectivity index (χ4n) is 1.42. The molecule has 2 N–H and O–H groups in total. The van der Waals surface area contributed by atoms with E-state index in [1.165, 1.54) is 0 Å². The highest BCUT2D eigenvalue weighted by Crippen LogP contribution is 1.91. The molecule has 0 bridgehead atoms. The summed E-state index contributed by atoms with van der Waals surface area (Å²) >= 11 is 0. The van der Waals surface area contributed by atoms with Gasteiger partial charge in [0.05, 0.1) is 6.61 Å². The topological polar surface area (TPSA) is 72.0 Å². The molecule has 0 radical (unpaired) electrons. The van der Waals surface area contributed by atoms with Crippen LogP contribution in [0, 0.1) is 0 Å². The minimum absolute atomic E-state index is 0.149. The number of nitrogens with one attached hydrogen (secondary N) is 2. The maximum absolute atomic E-state index is 11.1. The van der Waals surface area contributed by atoms with Crippen molar-refractivity contribution in [2.45, 2.75) is 33.1 Å². The summed E-state index contributed by atoms with van der Waals surface area (Å²) in [5.41, 5.74) is 0. The van der Waals surface area contributed by atoms with Crippen molar-refractivity contribution in [3.05, 3.63) is 0 Å². The first-order valence-corrected chi connectivity index (χ1v) is 6.92. The molecule has 0 aromatic carbocycles. The standard InChI is InChI=1S/C13H27N3O3/c1-4-18-11-7-10-16-13(14-3)15-9-6-8-12(17)19-5-2/h4-11H2,1-3H3,(H2,14,15,16). The van der Waals surface area contributed by atoms with Crippen molar-refractivity contribution in [2.24, 2.45) is 4.99 Å². The number of rotatable bonds is 10. The average Bonchev–Trinajstić information content (AvgIpc) is 2.41. The van der Waals surface area contributed by atoms with E-state index < -0.39 is 0 Å². The van der Waals surface area contributed by atoms with E-state index in [1.54, 1.807) is 7.05 Å². The van der Waals surface area contributed by atoms with Gasteiger partial charge in [-0.05, 0) is 26.7 Å². The van der Waals surface area contributed by atoms with Crippen molar-refractivity contribution < 1.29 is 14.3 Å². The highest BCUT2D eigenvalue weighted by Gasteiger charge is 2.01. The van der Waals surface area contributed by atoms with Crippen LogP contribution in [0.5, 0.6) is 0 Å². The van der Waals surface area contributed by atoms with Crippen LogP contribution in [0.3, 0.4) is 0 Å². The molecule has 0 spiro atoms. The predicted octanol–water partition coefficient (Wildman–Crippen LogP) is 0.921. The maximum Gasteiger partial charge on any atom is 0.305 e. The fourth-order valence-corrected chi connectivity index (χ4v) is 1.42. The second-order valence-corrected chi connectivity index (χ2v) is 3.88. The van der Waals surface area contributed by atoms with Crippen LogP contribution in [0.1, 0.15) is 33.1 Å². The lowest BCUT2D eigenvalue weighted by molar-refractivity contribution is -0.143. The van der Waals surface area contributed by atoms with Crippen molar-refractivity contribution >= 4 is 11.9 Å². The molecule has 0 rings (SSSR count). The number of carbonyl (C=O) groups is 1. The van der Waals surface area contributed by atoms with Crippen molar-refractivity contribution in [3.63, 3.8) is 0 Å².